The molecular formula is C9H6N4O. The predicted octanol–water partition coefficient (Wildman–Crippen LogP) is 0.456. The second-order valence-electron chi connectivity index (χ2n) is 3.15. The SMILES string of the molecule is O=C1N=CC23N=CN=C2C=CC=C3N1. The van der Waals surface area contributed by atoms with Crippen LogP contribution in [-0.4, -0.2) is 29.8 Å². The third-order valence-electron chi connectivity index (χ3n) is 2.39. The van der Waals surface area contributed by atoms with E-state index >= 15 is 0 Å². The molecule has 1 unspecified atom stereocenters. The number of hydrogen-bond donors (Lipinski definition) is 1. The molecule has 1 N–H and O–H groups in total. The fourth-order valence-corrected chi connectivity index (χ4v) is 1.69. The molecule has 0 saturated carbocycles. The molecule has 0 aromatic heterocycles. The molecule has 1 spiro atoms. The molecule has 2 aliphatic heterocycles. The molecule has 0 saturated heterocycles. The summed E-state index contributed by atoms with van der Waals surface area (Å²) in [7, 11) is 0. The van der Waals surface area contributed by atoms with E-state index in [0.29, 0.717) is 5.70 Å². The summed E-state index contributed by atoms with van der Waals surface area (Å²) in [5.74, 6) is 0. The number of nitrogens with zero attached hydrogens (tertiary/aromatic N) is 3. The van der Waals surface area contributed by atoms with E-state index in [2.05, 4.69) is 20.3 Å². The number of allylic oxidation sites excluding steroid dienone is 2. The van der Waals surface area contributed by atoms with Gasteiger partial charge in [-0.25, -0.2) is 19.8 Å². The van der Waals surface area contributed by atoms with Crippen molar-refractivity contribution in [3.8, 4) is 0 Å². The zero-order valence-electron chi connectivity index (χ0n) is 7.14. The molecule has 14 heavy (non-hydrogen) atoms. The zero-order valence-corrected chi connectivity index (χ0v) is 7.14. The smallest absolute Gasteiger partial charge is 0.307 e. The molecule has 2 amide bonds. The van der Waals surface area contributed by atoms with Crippen LogP contribution in [0.1, 0.15) is 0 Å². The Bertz CT molecular complexity index is 469. The van der Waals surface area contributed by atoms with Crippen molar-refractivity contribution in [2.45, 2.75) is 5.54 Å². The van der Waals surface area contributed by atoms with Crippen LogP contribution in [0.3, 0.4) is 0 Å². The lowest BCUT2D eigenvalue weighted by Gasteiger charge is -2.30. The van der Waals surface area contributed by atoms with Crippen LogP contribution in [-0.2, 0) is 0 Å². The summed E-state index contributed by atoms with van der Waals surface area (Å²) in [5, 5.41) is 2.66. The summed E-state index contributed by atoms with van der Waals surface area (Å²) in [6.07, 6.45) is 8.52. The van der Waals surface area contributed by atoms with E-state index < -0.39 is 5.54 Å². The van der Waals surface area contributed by atoms with Crippen molar-refractivity contribution >= 4 is 24.3 Å². The van der Waals surface area contributed by atoms with Crippen LogP contribution in [0.4, 0.5) is 4.79 Å². The van der Waals surface area contributed by atoms with Gasteiger partial charge < -0.3 is 5.32 Å². The number of carbonyl (C=O) groups excluding carboxylic acids is 1. The molecule has 1 atom stereocenters. The fourth-order valence-electron chi connectivity index (χ4n) is 1.69. The van der Waals surface area contributed by atoms with Gasteiger partial charge in [-0.15, -0.1) is 0 Å². The number of rotatable bonds is 0. The summed E-state index contributed by atoms with van der Waals surface area (Å²) >= 11 is 0. The Morgan fingerprint density at radius 2 is 2.36 bits per heavy atom. The van der Waals surface area contributed by atoms with Gasteiger partial charge in [0, 0.05) is 6.21 Å². The largest absolute Gasteiger partial charge is 0.344 e. The first kappa shape index (κ1) is 7.37. The molecule has 5 nitrogen and oxygen atoms in total. The van der Waals surface area contributed by atoms with Gasteiger partial charge in [-0.05, 0) is 12.2 Å². The minimum atomic E-state index is -0.664. The lowest BCUT2D eigenvalue weighted by molar-refractivity contribution is 0.250. The van der Waals surface area contributed by atoms with Gasteiger partial charge in [-0.2, -0.15) is 0 Å². The molecule has 3 rings (SSSR count). The molecule has 0 bridgehead atoms. The third kappa shape index (κ3) is 0.736. The van der Waals surface area contributed by atoms with E-state index in [9.17, 15) is 4.79 Å². The topological polar surface area (TPSA) is 66.2 Å². The first-order valence-electron chi connectivity index (χ1n) is 4.18. The van der Waals surface area contributed by atoms with Crippen LogP contribution < -0.4 is 5.32 Å². The summed E-state index contributed by atoms with van der Waals surface area (Å²) in [6.45, 7) is 0. The van der Waals surface area contributed by atoms with Crippen LogP contribution in [0, 0.1) is 0 Å². The first-order chi connectivity index (χ1) is 6.81. The minimum absolute atomic E-state index is 0.362. The van der Waals surface area contributed by atoms with Gasteiger partial charge in [0.1, 0.15) is 6.34 Å². The molecule has 0 aromatic carbocycles. The van der Waals surface area contributed by atoms with Crippen molar-refractivity contribution < 1.29 is 4.79 Å². The Hall–Kier alpha value is -2.04. The highest BCUT2D eigenvalue weighted by atomic mass is 16.2. The lowest BCUT2D eigenvalue weighted by Crippen LogP contribution is -2.48. The van der Waals surface area contributed by atoms with E-state index in [1.807, 2.05) is 18.2 Å². The molecular weight excluding hydrogens is 180 g/mol. The highest BCUT2D eigenvalue weighted by molar-refractivity contribution is 6.24. The van der Waals surface area contributed by atoms with Crippen molar-refractivity contribution in [3.63, 3.8) is 0 Å². The Morgan fingerprint density at radius 3 is 3.29 bits per heavy atom. The number of nitrogens with one attached hydrogen (secondary N) is 1. The van der Waals surface area contributed by atoms with Crippen LogP contribution >= 0.6 is 0 Å². The van der Waals surface area contributed by atoms with E-state index in [0.717, 1.165) is 5.71 Å². The number of urea groups is 1. The van der Waals surface area contributed by atoms with Gasteiger partial charge in [0.15, 0.2) is 5.54 Å². The molecule has 5 heteroatoms. The average Bonchev–Trinajstić information content (AvgIpc) is 2.59. The molecule has 0 aromatic rings. The van der Waals surface area contributed by atoms with Gasteiger partial charge in [0.25, 0.3) is 0 Å². The summed E-state index contributed by atoms with van der Waals surface area (Å²) in [5.41, 5.74) is 0.842. The van der Waals surface area contributed by atoms with Crippen molar-refractivity contribution in [1.29, 1.82) is 0 Å². The standard InChI is InChI=1S/C9H6N4O/c14-8-10-4-9-6(11-5-12-9)2-1-3-7(9)13-8/h1-5H,(H,13,14). The van der Waals surface area contributed by atoms with Gasteiger partial charge in [-0.1, -0.05) is 6.08 Å². The minimum Gasteiger partial charge on any atom is -0.307 e. The Morgan fingerprint density at radius 1 is 1.43 bits per heavy atom. The number of carbonyl (C=O) groups is 1. The van der Waals surface area contributed by atoms with Crippen molar-refractivity contribution in [3.05, 3.63) is 23.9 Å². The molecule has 1 aliphatic carbocycles. The van der Waals surface area contributed by atoms with Gasteiger partial charge in [-0.3, -0.25) is 0 Å². The summed E-state index contributed by atoms with van der Waals surface area (Å²) < 4.78 is 0. The van der Waals surface area contributed by atoms with Gasteiger partial charge >= 0.3 is 6.03 Å². The van der Waals surface area contributed by atoms with Gasteiger partial charge in [0.2, 0.25) is 0 Å². The number of aliphatic imine (C=N–C) groups is 3. The van der Waals surface area contributed by atoms with Crippen molar-refractivity contribution in [2.24, 2.45) is 15.0 Å². The highest BCUT2D eigenvalue weighted by Crippen LogP contribution is 2.29. The summed E-state index contributed by atoms with van der Waals surface area (Å²) in [6, 6.07) is -0.362. The third-order valence-corrected chi connectivity index (χ3v) is 2.39. The monoisotopic (exact) mass is 186 g/mol. The second-order valence-corrected chi connectivity index (χ2v) is 3.15. The number of amides is 2. The number of hydrogen-bond acceptors (Lipinski definition) is 3. The van der Waals surface area contributed by atoms with Crippen LogP contribution in [0.2, 0.25) is 0 Å². The quantitative estimate of drug-likeness (QED) is 0.586. The highest BCUT2D eigenvalue weighted by Gasteiger charge is 2.43. The van der Waals surface area contributed by atoms with E-state index in [-0.39, 0.29) is 6.03 Å². The Balaban J connectivity index is 2.24. The maximum Gasteiger partial charge on any atom is 0.344 e. The normalized spacial score (nSPS) is 31.9. The van der Waals surface area contributed by atoms with Crippen LogP contribution in [0.15, 0.2) is 38.9 Å². The van der Waals surface area contributed by atoms with Crippen LogP contribution in [0.5, 0.6) is 0 Å². The zero-order chi connectivity index (χ0) is 9.60. The van der Waals surface area contributed by atoms with E-state index in [1.165, 1.54) is 12.6 Å². The van der Waals surface area contributed by atoms with Crippen LogP contribution in [0.25, 0.3) is 0 Å². The molecule has 68 valence electrons. The Labute approximate surface area is 79.7 Å². The maximum atomic E-state index is 11.0. The second kappa shape index (κ2) is 2.25. The molecule has 0 radical (unpaired) electrons. The maximum absolute atomic E-state index is 11.0. The lowest BCUT2D eigenvalue weighted by atomic mass is 9.87. The first-order valence-corrected chi connectivity index (χ1v) is 4.18. The molecule has 3 aliphatic rings. The van der Waals surface area contributed by atoms with Crippen molar-refractivity contribution in [2.75, 3.05) is 0 Å². The van der Waals surface area contributed by atoms with Crippen molar-refractivity contribution in [1.82, 2.24) is 5.32 Å². The Kier molecular flexibility index (Phi) is 1.19. The van der Waals surface area contributed by atoms with E-state index in [1.54, 1.807) is 0 Å². The molecule has 2 heterocycles. The van der Waals surface area contributed by atoms with Gasteiger partial charge in [0.05, 0.1) is 11.4 Å². The van der Waals surface area contributed by atoms with E-state index in [4.69, 9.17) is 0 Å². The fraction of sp³-hybridized carbons (Fsp3) is 0.111. The molecule has 0 fully saturated rings. The average molecular weight is 186 g/mol. The summed E-state index contributed by atoms with van der Waals surface area (Å²) in [4.78, 5) is 23.1. The predicted molar refractivity (Wildman–Crippen MR) is 52.9 cm³/mol.